The molecule has 8 aromatic rings. The van der Waals surface area contributed by atoms with Crippen molar-refractivity contribution in [3.05, 3.63) is 113 Å². The molecule has 0 aliphatic rings. The number of para-hydroxylation sites is 1. The summed E-state index contributed by atoms with van der Waals surface area (Å²) in [7, 11) is 0. The molecule has 0 N–H and O–H groups in total. The summed E-state index contributed by atoms with van der Waals surface area (Å²) < 4.78 is 2.21. The smallest absolute Gasteiger partial charge is 0.102 e. The molecule has 0 bridgehead atoms. The zero-order chi connectivity index (χ0) is 27.8. The molecule has 2 heterocycles. The quantitative estimate of drug-likeness (QED) is 0.149. The predicted molar refractivity (Wildman–Crippen MR) is 161 cm³/mol. The minimum absolute atomic E-state index is 0.0643. The van der Waals surface area contributed by atoms with Crippen LogP contribution in [-0.2, 0) is 0 Å². The van der Waals surface area contributed by atoms with E-state index in [1.165, 1.54) is 0 Å². The van der Waals surface area contributed by atoms with Crippen LogP contribution in [0.4, 0.5) is 0 Å². The first-order valence-corrected chi connectivity index (χ1v) is 13.0. The second-order valence-corrected chi connectivity index (χ2v) is 10.1. The van der Waals surface area contributed by atoms with E-state index in [9.17, 15) is 21.0 Å². The highest BCUT2D eigenvalue weighted by Crippen LogP contribution is 2.44. The van der Waals surface area contributed by atoms with Gasteiger partial charge in [-0.1, -0.05) is 66.7 Å². The van der Waals surface area contributed by atoms with Crippen LogP contribution in [0.15, 0.2) is 91.0 Å². The van der Waals surface area contributed by atoms with Gasteiger partial charge in [0, 0.05) is 32.3 Å². The zero-order valence-electron chi connectivity index (χ0n) is 21.4. The van der Waals surface area contributed by atoms with E-state index in [4.69, 9.17) is 0 Å². The summed E-state index contributed by atoms with van der Waals surface area (Å²) >= 11 is 0. The molecule has 0 saturated heterocycles. The van der Waals surface area contributed by atoms with Crippen molar-refractivity contribution in [2.75, 3.05) is 0 Å². The minimum atomic E-state index is -0.0655. The fraction of sp³-hybridized carbons (Fsp3) is 0. The van der Waals surface area contributed by atoms with Gasteiger partial charge in [0.1, 0.15) is 24.3 Å². The Kier molecular flexibility index (Phi) is 4.43. The van der Waals surface area contributed by atoms with Crippen LogP contribution in [0, 0.1) is 45.3 Å². The first kappa shape index (κ1) is 22.6. The third-order valence-electron chi connectivity index (χ3n) is 8.28. The van der Waals surface area contributed by atoms with E-state index in [0.717, 1.165) is 59.6 Å². The van der Waals surface area contributed by atoms with Gasteiger partial charge >= 0.3 is 0 Å². The topological polar surface area (TPSA) is 99.6 Å². The Labute approximate surface area is 233 Å². The van der Waals surface area contributed by atoms with Crippen LogP contribution in [0.5, 0.6) is 0 Å². The molecule has 5 heteroatoms. The molecule has 0 amide bonds. The molecule has 0 radical (unpaired) electrons. The summed E-state index contributed by atoms with van der Waals surface area (Å²) in [5, 5.41) is 49.8. The van der Waals surface area contributed by atoms with E-state index in [1.54, 1.807) is 0 Å². The Hall–Kier alpha value is -6.40. The number of benzene rings is 6. The van der Waals surface area contributed by atoms with Crippen LogP contribution in [0.3, 0.4) is 0 Å². The fourth-order valence-corrected chi connectivity index (χ4v) is 6.65. The fourth-order valence-electron chi connectivity index (χ4n) is 6.65. The highest BCUT2D eigenvalue weighted by Gasteiger charge is 2.23. The summed E-state index contributed by atoms with van der Waals surface area (Å²) in [6, 6.07) is 39.3. The van der Waals surface area contributed by atoms with E-state index < -0.39 is 0 Å². The maximum atomic E-state index is 10.2. The van der Waals surface area contributed by atoms with Gasteiger partial charge in [-0.3, -0.25) is 0 Å². The molecule has 0 aliphatic carbocycles. The lowest BCUT2D eigenvalue weighted by Gasteiger charge is -2.17. The number of nitriles is 4. The Morgan fingerprint density at radius 2 is 0.902 bits per heavy atom. The second kappa shape index (κ2) is 8.05. The van der Waals surface area contributed by atoms with Crippen LogP contribution in [-0.4, -0.2) is 4.40 Å². The van der Waals surface area contributed by atoms with E-state index in [2.05, 4.69) is 71.1 Å². The minimum Gasteiger partial charge on any atom is -0.309 e. The van der Waals surface area contributed by atoms with Gasteiger partial charge in [-0.2, -0.15) is 21.0 Å². The molecule has 0 saturated carbocycles. The lowest BCUT2D eigenvalue weighted by molar-refractivity contribution is 1.35. The normalized spacial score (nSPS) is 11.3. The number of rotatable bonds is 0. The van der Waals surface area contributed by atoms with Crippen molar-refractivity contribution in [3.8, 4) is 24.3 Å². The van der Waals surface area contributed by atoms with Gasteiger partial charge in [0.25, 0.3) is 0 Å². The molecular formula is C36H15N5. The molecule has 6 aromatic carbocycles. The van der Waals surface area contributed by atoms with Gasteiger partial charge in [-0.05, 0) is 45.8 Å². The maximum absolute atomic E-state index is 10.2. The average molecular weight is 518 g/mol. The van der Waals surface area contributed by atoms with Gasteiger partial charge in [0.2, 0.25) is 0 Å². The van der Waals surface area contributed by atoms with Gasteiger partial charge < -0.3 is 4.40 Å². The largest absolute Gasteiger partial charge is 0.309 e. The highest BCUT2D eigenvalue weighted by molar-refractivity contribution is 6.36. The van der Waals surface area contributed by atoms with E-state index in [-0.39, 0.29) is 22.3 Å². The summed E-state index contributed by atoms with van der Waals surface area (Å²) in [6.07, 6.45) is 0. The first-order chi connectivity index (χ1) is 20.2. The number of nitrogens with zero attached hydrogens (tertiary/aromatic N) is 5. The molecular weight excluding hydrogens is 502 g/mol. The van der Waals surface area contributed by atoms with Crippen molar-refractivity contribution in [3.63, 3.8) is 0 Å². The third-order valence-corrected chi connectivity index (χ3v) is 8.28. The standard InChI is InChI=1S/C36H15N5/c37-16-28-25-14-27-33(15-26(25)29(17-38)31(19-40)30(28)18-39)41-32-12-6-1-7-20(32)13-34(41)36-24-11-5-3-9-22(24)21-8-2-4-10-23(21)35(27)36/h1-15H. The highest BCUT2D eigenvalue weighted by atomic mass is 14.9. The Morgan fingerprint density at radius 1 is 0.390 bits per heavy atom. The second-order valence-electron chi connectivity index (χ2n) is 10.1. The SMILES string of the molecule is N#Cc1c(C#N)c(C#N)c2cc3c(cc2c1C#N)c1c2ccccc2c2ccccc2c1c1cc2ccccc2n31. The van der Waals surface area contributed by atoms with Crippen molar-refractivity contribution < 1.29 is 0 Å². The molecule has 0 atom stereocenters. The Balaban J connectivity index is 1.81. The van der Waals surface area contributed by atoms with Crippen molar-refractivity contribution in [2.24, 2.45) is 0 Å². The molecule has 41 heavy (non-hydrogen) atoms. The first-order valence-electron chi connectivity index (χ1n) is 13.0. The molecule has 8 rings (SSSR count). The van der Waals surface area contributed by atoms with Crippen molar-refractivity contribution in [1.29, 1.82) is 21.0 Å². The number of hydrogen-bond donors (Lipinski definition) is 0. The van der Waals surface area contributed by atoms with Crippen LogP contribution >= 0.6 is 0 Å². The molecule has 5 nitrogen and oxygen atoms in total. The van der Waals surface area contributed by atoms with Crippen LogP contribution in [0.1, 0.15) is 22.3 Å². The molecule has 184 valence electrons. The monoisotopic (exact) mass is 517 g/mol. The van der Waals surface area contributed by atoms with Crippen molar-refractivity contribution >= 4 is 70.4 Å². The Morgan fingerprint density at radius 3 is 1.51 bits per heavy atom. The summed E-state index contributed by atoms with van der Waals surface area (Å²) in [4.78, 5) is 0. The molecule has 0 fully saturated rings. The summed E-state index contributed by atoms with van der Waals surface area (Å²) in [6.45, 7) is 0. The number of pyridine rings is 1. The van der Waals surface area contributed by atoms with E-state index in [1.807, 2.05) is 48.5 Å². The molecule has 2 aromatic heterocycles. The van der Waals surface area contributed by atoms with Crippen LogP contribution in [0.2, 0.25) is 0 Å². The number of aromatic nitrogens is 1. The van der Waals surface area contributed by atoms with E-state index >= 15 is 0 Å². The van der Waals surface area contributed by atoms with Crippen LogP contribution in [0.25, 0.3) is 70.4 Å². The predicted octanol–water partition coefficient (Wildman–Crippen LogP) is 8.35. The zero-order valence-corrected chi connectivity index (χ0v) is 21.4. The van der Waals surface area contributed by atoms with Crippen LogP contribution < -0.4 is 0 Å². The van der Waals surface area contributed by atoms with Gasteiger partial charge in [0.15, 0.2) is 0 Å². The lowest BCUT2D eigenvalue weighted by atomic mass is 9.87. The number of fused-ring (bicyclic) bond motifs is 14. The lowest BCUT2D eigenvalue weighted by Crippen LogP contribution is -2.00. The van der Waals surface area contributed by atoms with Crippen molar-refractivity contribution in [1.82, 2.24) is 4.40 Å². The van der Waals surface area contributed by atoms with Gasteiger partial charge in [-0.25, -0.2) is 0 Å². The third kappa shape index (κ3) is 2.74. The number of hydrogen-bond acceptors (Lipinski definition) is 4. The summed E-state index contributed by atoms with van der Waals surface area (Å²) in [5.41, 5.74) is 2.98. The molecule has 0 unspecified atom stereocenters. The van der Waals surface area contributed by atoms with E-state index in [0.29, 0.717) is 10.8 Å². The summed E-state index contributed by atoms with van der Waals surface area (Å²) in [5.74, 6) is 0. The van der Waals surface area contributed by atoms with Gasteiger partial charge in [-0.15, -0.1) is 0 Å². The van der Waals surface area contributed by atoms with Crippen molar-refractivity contribution in [2.45, 2.75) is 0 Å². The average Bonchev–Trinajstić information content (AvgIpc) is 3.42. The Bertz CT molecular complexity index is 2680. The van der Waals surface area contributed by atoms with Gasteiger partial charge in [0.05, 0.1) is 38.8 Å². The molecule has 0 spiro atoms. The maximum Gasteiger partial charge on any atom is 0.102 e. The molecule has 0 aliphatic heterocycles.